The topological polar surface area (TPSA) is 77.0 Å². The van der Waals surface area contributed by atoms with Gasteiger partial charge in [-0.3, -0.25) is 10.1 Å². The van der Waals surface area contributed by atoms with Crippen LogP contribution in [-0.4, -0.2) is 27.7 Å². The van der Waals surface area contributed by atoms with Gasteiger partial charge in [-0.05, 0) is 36.8 Å². The average Bonchev–Trinajstić information content (AvgIpc) is 3.09. The molecule has 3 rings (SSSR count). The number of nitrogens with zero attached hydrogens (tertiary/aromatic N) is 3. The molecule has 0 unspecified atom stereocenters. The Balaban J connectivity index is 1.65. The Hall–Kier alpha value is -1.87. The van der Waals surface area contributed by atoms with Crippen LogP contribution in [0.3, 0.4) is 0 Å². The minimum atomic E-state index is -0.353. The van der Waals surface area contributed by atoms with Crippen molar-refractivity contribution >= 4 is 57.3 Å². The Labute approximate surface area is 174 Å². The molecule has 0 aliphatic carbocycles. The molecule has 140 valence electrons. The van der Waals surface area contributed by atoms with Gasteiger partial charge in [-0.1, -0.05) is 52.4 Å². The van der Waals surface area contributed by atoms with E-state index in [2.05, 4.69) is 20.5 Å². The quantitative estimate of drug-likeness (QED) is 0.402. The number of carbonyl (C=O) groups is 1. The molecule has 2 heterocycles. The lowest BCUT2D eigenvalue weighted by Gasteiger charge is -2.07. The fourth-order valence-corrected chi connectivity index (χ4v) is 4.59. The van der Waals surface area contributed by atoms with Gasteiger partial charge in [-0.2, -0.15) is 0 Å². The summed E-state index contributed by atoms with van der Waals surface area (Å²) in [5.74, 6) is 0.483. The second-order valence-corrected chi connectivity index (χ2v) is 8.12. The second-order valence-electron chi connectivity index (χ2n) is 5.11. The highest BCUT2D eigenvalue weighted by atomic mass is 35.5. The molecule has 0 fully saturated rings. The monoisotopic (exact) mass is 440 g/mol. The molecule has 0 radical (unpaired) electrons. The van der Waals surface area contributed by atoms with Crippen molar-refractivity contribution in [2.75, 3.05) is 11.9 Å². The fourth-order valence-electron chi connectivity index (χ4n) is 2.10. The number of carbonyl (C=O) groups excluding carboxylic acids is 1. The van der Waals surface area contributed by atoms with E-state index in [1.54, 1.807) is 36.5 Å². The summed E-state index contributed by atoms with van der Waals surface area (Å²) < 4.78 is 6.07. The number of hydrogen-bond acceptors (Lipinski definition) is 7. The van der Waals surface area contributed by atoms with Crippen molar-refractivity contribution in [3.8, 4) is 5.88 Å². The van der Waals surface area contributed by atoms with Crippen LogP contribution >= 0.6 is 46.3 Å². The van der Waals surface area contributed by atoms with E-state index in [0.29, 0.717) is 37.4 Å². The van der Waals surface area contributed by atoms with E-state index in [1.165, 1.54) is 23.1 Å². The Kier molecular flexibility index (Phi) is 6.89. The van der Waals surface area contributed by atoms with Crippen LogP contribution in [0.25, 0.3) is 0 Å². The molecule has 0 bridgehead atoms. The number of thioether (sulfide) groups is 1. The molecular weight excluding hydrogens is 427 g/mol. The van der Waals surface area contributed by atoms with Crippen LogP contribution in [0.4, 0.5) is 5.13 Å². The van der Waals surface area contributed by atoms with E-state index in [9.17, 15) is 4.79 Å². The van der Waals surface area contributed by atoms with Crippen molar-refractivity contribution in [3.63, 3.8) is 0 Å². The third-order valence-corrected chi connectivity index (χ3v) is 6.03. The summed E-state index contributed by atoms with van der Waals surface area (Å²) in [7, 11) is 0. The Morgan fingerprint density at radius 2 is 2.00 bits per heavy atom. The first-order valence-corrected chi connectivity index (χ1v) is 10.4. The average molecular weight is 441 g/mol. The SMILES string of the molecule is CCOc1ncccc1C(=O)Nc1nnc(SCc2c(Cl)cccc2Cl)s1. The lowest BCUT2D eigenvalue weighted by molar-refractivity contribution is 0.102. The number of benzene rings is 1. The maximum Gasteiger partial charge on any atom is 0.262 e. The number of aromatic nitrogens is 3. The number of halogens is 2. The summed E-state index contributed by atoms with van der Waals surface area (Å²) in [6, 6.07) is 8.69. The van der Waals surface area contributed by atoms with Gasteiger partial charge in [0.05, 0.1) is 6.61 Å². The molecular formula is C17H14Cl2N4O2S2. The Bertz CT molecular complexity index is 932. The van der Waals surface area contributed by atoms with Crippen molar-refractivity contribution in [1.29, 1.82) is 0 Å². The lowest BCUT2D eigenvalue weighted by atomic mass is 10.2. The maximum atomic E-state index is 12.5. The second kappa shape index (κ2) is 9.36. The van der Waals surface area contributed by atoms with Gasteiger partial charge >= 0.3 is 0 Å². The highest BCUT2D eigenvalue weighted by molar-refractivity contribution is 8.00. The van der Waals surface area contributed by atoms with Gasteiger partial charge in [-0.25, -0.2) is 4.98 Å². The van der Waals surface area contributed by atoms with Crippen LogP contribution in [-0.2, 0) is 5.75 Å². The molecule has 0 spiro atoms. The Morgan fingerprint density at radius 1 is 1.22 bits per heavy atom. The molecule has 3 aromatic rings. The van der Waals surface area contributed by atoms with Crippen molar-refractivity contribution in [3.05, 3.63) is 57.7 Å². The van der Waals surface area contributed by atoms with Crippen LogP contribution < -0.4 is 10.1 Å². The van der Waals surface area contributed by atoms with E-state index in [0.717, 1.165) is 5.56 Å². The molecule has 0 saturated heterocycles. The molecule has 10 heteroatoms. The Morgan fingerprint density at radius 3 is 2.74 bits per heavy atom. The molecule has 2 aromatic heterocycles. The van der Waals surface area contributed by atoms with Crippen LogP contribution in [0.2, 0.25) is 10.0 Å². The van der Waals surface area contributed by atoms with Crippen molar-refractivity contribution in [2.24, 2.45) is 0 Å². The van der Waals surface area contributed by atoms with Crippen molar-refractivity contribution in [2.45, 2.75) is 17.0 Å². The van der Waals surface area contributed by atoms with E-state index < -0.39 is 0 Å². The summed E-state index contributed by atoms with van der Waals surface area (Å²) in [5.41, 5.74) is 1.18. The molecule has 0 aliphatic rings. The molecule has 0 saturated carbocycles. The zero-order valence-electron chi connectivity index (χ0n) is 14.1. The number of ether oxygens (including phenoxy) is 1. The van der Waals surface area contributed by atoms with E-state index in [-0.39, 0.29) is 11.8 Å². The van der Waals surface area contributed by atoms with Gasteiger partial charge in [-0.15, -0.1) is 10.2 Å². The summed E-state index contributed by atoms with van der Waals surface area (Å²) in [4.78, 5) is 16.5. The third kappa shape index (κ3) is 5.10. The summed E-state index contributed by atoms with van der Waals surface area (Å²) in [6.07, 6.45) is 1.57. The smallest absolute Gasteiger partial charge is 0.262 e. The summed E-state index contributed by atoms with van der Waals surface area (Å²) >= 11 is 15.1. The first kappa shape index (κ1) is 19.9. The minimum absolute atomic E-state index is 0.282. The minimum Gasteiger partial charge on any atom is -0.477 e. The largest absolute Gasteiger partial charge is 0.477 e. The van der Waals surface area contributed by atoms with Gasteiger partial charge in [0.2, 0.25) is 11.0 Å². The highest BCUT2D eigenvalue weighted by Gasteiger charge is 2.16. The first-order valence-electron chi connectivity index (χ1n) is 7.86. The predicted octanol–water partition coefficient (Wildman–Crippen LogP) is 5.18. The normalized spacial score (nSPS) is 10.6. The summed E-state index contributed by atoms with van der Waals surface area (Å²) in [6.45, 7) is 2.25. The molecule has 1 amide bonds. The lowest BCUT2D eigenvalue weighted by Crippen LogP contribution is -2.14. The van der Waals surface area contributed by atoms with E-state index in [4.69, 9.17) is 27.9 Å². The fraction of sp³-hybridized carbons (Fsp3) is 0.176. The number of rotatable bonds is 7. The number of pyridine rings is 1. The molecule has 0 aliphatic heterocycles. The number of nitrogens with one attached hydrogen (secondary N) is 1. The van der Waals surface area contributed by atoms with Crippen LogP contribution in [0, 0.1) is 0 Å². The molecule has 6 nitrogen and oxygen atoms in total. The first-order chi connectivity index (χ1) is 13.1. The van der Waals surface area contributed by atoms with Gasteiger partial charge in [0.25, 0.3) is 5.91 Å². The summed E-state index contributed by atoms with van der Waals surface area (Å²) in [5, 5.41) is 12.4. The van der Waals surface area contributed by atoms with E-state index >= 15 is 0 Å². The van der Waals surface area contributed by atoms with Crippen LogP contribution in [0.5, 0.6) is 5.88 Å². The van der Waals surface area contributed by atoms with Crippen LogP contribution in [0.1, 0.15) is 22.8 Å². The maximum absolute atomic E-state index is 12.5. The van der Waals surface area contributed by atoms with Crippen LogP contribution in [0.15, 0.2) is 40.9 Å². The third-order valence-electron chi connectivity index (χ3n) is 3.33. The number of hydrogen-bond donors (Lipinski definition) is 1. The van der Waals surface area contributed by atoms with Gasteiger partial charge in [0, 0.05) is 22.0 Å². The molecule has 27 heavy (non-hydrogen) atoms. The van der Waals surface area contributed by atoms with E-state index in [1.807, 2.05) is 6.92 Å². The predicted molar refractivity (Wildman–Crippen MR) is 109 cm³/mol. The zero-order valence-corrected chi connectivity index (χ0v) is 17.3. The molecule has 1 N–H and O–H groups in total. The molecule has 0 atom stereocenters. The highest BCUT2D eigenvalue weighted by Crippen LogP contribution is 2.33. The van der Waals surface area contributed by atoms with Crippen molar-refractivity contribution < 1.29 is 9.53 Å². The molecule has 1 aromatic carbocycles. The van der Waals surface area contributed by atoms with Gasteiger partial charge < -0.3 is 4.74 Å². The standard InChI is InChI=1S/C17H14Cl2N4O2S2/c1-2-25-15-10(5-4-8-20-15)14(24)21-16-22-23-17(27-16)26-9-11-12(18)6-3-7-13(11)19/h3-8H,2,9H2,1H3,(H,21,22,24). The number of anilines is 1. The number of amides is 1. The van der Waals surface area contributed by atoms with Crippen molar-refractivity contribution in [1.82, 2.24) is 15.2 Å². The van der Waals surface area contributed by atoms with Gasteiger partial charge in [0.15, 0.2) is 4.34 Å². The zero-order chi connectivity index (χ0) is 19.2. The van der Waals surface area contributed by atoms with Gasteiger partial charge in [0.1, 0.15) is 5.56 Å².